The molecule has 0 saturated carbocycles. The molecule has 0 radical (unpaired) electrons. The number of carbonyl (C=O) groups is 2. The van der Waals surface area contributed by atoms with Crippen LogP contribution >= 0.6 is 11.6 Å². The van der Waals surface area contributed by atoms with E-state index in [2.05, 4.69) is 12.2 Å². The highest BCUT2D eigenvalue weighted by Gasteiger charge is 2.30. The van der Waals surface area contributed by atoms with E-state index in [1.807, 2.05) is 61.5 Å². The maximum atomic E-state index is 13.9. The fourth-order valence-corrected chi connectivity index (χ4v) is 5.73. The number of rotatable bonds is 15. The van der Waals surface area contributed by atoms with Gasteiger partial charge in [-0.3, -0.25) is 13.9 Å². The maximum Gasteiger partial charge on any atom is 0.243 e. The summed E-state index contributed by atoms with van der Waals surface area (Å²) in [6.07, 6.45) is 3.65. The molecule has 0 bridgehead atoms. The molecular weight excluding hydrogens is 558 g/mol. The van der Waals surface area contributed by atoms with Gasteiger partial charge in [0, 0.05) is 37.5 Å². The number of halogens is 1. The molecular formula is C32H40ClN3O4S. The lowest BCUT2D eigenvalue weighted by molar-refractivity contribution is -0.141. The van der Waals surface area contributed by atoms with Crippen LogP contribution in [0.2, 0.25) is 5.02 Å². The van der Waals surface area contributed by atoms with E-state index in [1.54, 1.807) is 29.2 Å². The summed E-state index contributed by atoms with van der Waals surface area (Å²) in [5, 5.41) is 3.45. The summed E-state index contributed by atoms with van der Waals surface area (Å²) in [5.74, 6) is -0.406. The summed E-state index contributed by atoms with van der Waals surface area (Å²) in [4.78, 5) is 29.0. The zero-order valence-corrected chi connectivity index (χ0v) is 25.6. The number of carbonyl (C=O) groups excluding carboxylic acids is 2. The lowest BCUT2D eigenvalue weighted by atomic mass is 10.0. The zero-order valence-electron chi connectivity index (χ0n) is 24.1. The van der Waals surface area contributed by atoms with Crippen LogP contribution in [0.3, 0.4) is 0 Å². The van der Waals surface area contributed by atoms with Gasteiger partial charge < -0.3 is 10.2 Å². The van der Waals surface area contributed by atoms with E-state index < -0.39 is 16.1 Å². The van der Waals surface area contributed by atoms with Crippen molar-refractivity contribution in [2.24, 2.45) is 0 Å². The molecule has 0 aliphatic carbocycles. The molecule has 3 aromatic rings. The van der Waals surface area contributed by atoms with Crippen LogP contribution in [-0.4, -0.2) is 50.5 Å². The van der Waals surface area contributed by atoms with Crippen LogP contribution in [0.1, 0.15) is 49.3 Å². The fourth-order valence-electron chi connectivity index (χ4n) is 4.59. The van der Waals surface area contributed by atoms with Crippen LogP contribution in [0.4, 0.5) is 5.69 Å². The van der Waals surface area contributed by atoms with Gasteiger partial charge in [-0.15, -0.1) is 0 Å². The van der Waals surface area contributed by atoms with Crippen LogP contribution in [-0.2, 0) is 32.6 Å². The van der Waals surface area contributed by atoms with Gasteiger partial charge in [-0.1, -0.05) is 91.2 Å². The molecule has 0 aromatic heterocycles. The number of nitrogens with zero attached hydrogens (tertiary/aromatic N) is 2. The first-order chi connectivity index (χ1) is 19.6. The minimum Gasteiger partial charge on any atom is -0.354 e. The van der Waals surface area contributed by atoms with Gasteiger partial charge in [0.2, 0.25) is 21.8 Å². The summed E-state index contributed by atoms with van der Waals surface area (Å²) in [5.41, 5.74) is 3.42. The zero-order chi connectivity index (χ0) is 29.8. The highest BCUT2D eigenvalue weighted by atomic mass is 35.5. The Kier molecular flexibility index (Phi) is 12.2. The third kappa shape index (κ3) is 10.2. The predicted octanol–water partition coefficient (Wildman–Crippen LogP) is 5.75. The minimum absolute atomic E-state index is 0.0754. The normalized spacial score (nSPS) is 12.0. The van der Waals surface area contributed by atoms with E-state index in [-0.39, 0.29) is 37.7 Å². The summed E-state index contributed by atoms with van der Waals surface area (Å²) < 4.78 is 26.4. The van der Waals surface area contributed by atoms with Gasteiger partial charge in [0.25, 0.3) is 0 Å². The van der Waals surface area contributed by atoms with Crippen molar-refractivity contribution in [2.75, 3.05) is 23.7 Å². The van der Waals surface area contributed by atoms with E-state index >= 15 is 0 Å². The second-order valence-corrected chi connectivity index (χ2v) is 12.6. The molecule has 9 heteroatoms. The average molecular weight is 598 g/mol. The molecule has 0 unspecified atom stereocenters. The first-order valence-corrected chi connectivity index (χ1v) is 16.2. The van der Waals surface area contributed by atoms with Gasteiger partial charge >= 0.3 is 0 Å². The maximum absolute atomic E-state index is 13.9. The Balaban J connectivity index is 1.86. The molecule has 1 atom stereocenters. The Hall–Kier alpha value is -3.36. The van der Waals surface area contributed by atoms with Crippen molar-refractivity contribution in [2.45, 2.75) is 58.5 Å². The Labute approximate surface area is 249 Å². The number of benzene rings is 3. The lowest BCUT2D eigenvalue weighted by Gasteiger charge is -2.32. The summed E-state index contributed by atoms with van der Waals surface area (Å²) in [7, 11) is -3.60. The number of amides is 2. The number of anilines is 1. The molecule has 0 spiro atoms. The smallest absolute Gasteiger partial charge is 0.243 e. The van der Waals surface area contributed by atoms with E-state index in [0.29, 0.717) is 23.7 Å². The van der Waals surface area contributed by atoms with Crippen molar-refractivity contribution in [3.05, 3.63) is 101 Å². The Morgan fingerprint density at radius 3 is 2.27 bits per heavy atom. The predicted molar refractivity (Wildman–Crippen MR) is 166 cm³/mol. The van der Waals surface area contributed by atoms with Crippen molar-refractivity contribution in [3.63, 3.8) is 0 Å². The van der Waals surface area contributed by atoms with Crippen molar-refractivity contribution in [3.8, 4) is 0 Å². The van der Waals surface area contributed by atoms with Gasteiger partial charge in [-0.25, -0.2) is 8.42 Å². The van der Waals surface area contributed by atoms with Crippen LogP contribution in [0.15, 0.2) is 78.9 Å². The second kappa shape index (κ2) is 15.6. The molecule has 220 valence electrons. The quantitative estimate of drug-likeness (QED) is 0.226. The molecule has 7 nitrogen and oxygen atoms in total. The Morgan fingerprint density at radius 1 is 0.927 bits per heavy atom. The molecule has 0 saturated heterocycles. The standard InChI is InChI=1S/C32H40ClN3O4S/c1-4-5-20-34-32(38)30(22-26-11-7-6-8-12-26)35(24-27-18-16-25(2)17-19-27)31(37)15-10-21-36(41(3,39)40)29-14-9-13-28(33)23-29/h6-9,11-14,16-19,23,30H,4-5,10,15,20-22,24H2,1-3H3,(H,34,38)/t30-/m1/s1. The summed E-state index contributed by atoms with van der Waals surface area (Å²) in [6, 6.07) is 23.5. The minimum atomic E-state index is -3.60. The topological polar surface area (TPSA) is 86.8 Å². The van der Waals surface area contributed by atoms with E-state index in [4.69, 9.17) is 11.6 Å². The van der Waals surface area contributed by atoms with E-state index in [1.165, 1.54) is 4.31 Å². The SMILES string of the molecule is CCCCNC(=O)[C@@H](Cc1ccccc1)N(Cc1ccc(C)cc1)C(=O)CCCN(c1cccc(Cl)c1)S(C)(=O)=O. The molecule has 2 amide bonds. The third-order valence-electron chi connectivity index (χ3n) is 6.82. The molecule has 0 aliphatic heterocycles. The Morgan fingerprint density at radius 2 is 1.63 bits per heavy atom. The summed E-state index contributed by atoms with van der Waals surface area (Å²) >= 11 is 6.11. The number of hydrogen-bond acceptors (Lipinski definition) is 4. The third-order valence-corrected chi connectivity index (χ3v) is 8.25. The van der Waals surface area contributed by atoms with Crippen LogP contribution in [0, 0.1) is 6.92 Å². The van der Waals surface area contributed by atoms with E-state index in [9.17, 15) is 18.0 Å². The monoisotopic (exact) mass is 597 g/mol. The van der Waals surface area contributed by atoms with Crippen molar-refractivity contribution in [1.29, 1.82) is 0 Å². The van der Waals surface area contributed by atoms with Gasteiger partial charge in [-0.2, -0.15) is 0 Å². The Bertz CT molecular complexity index is 1380. The molecule has 0 fully saturated rings. The molecule has 1 N–H and O–H groups in total. The molecule has 0 heterocycles. The number of unbranched alkanes of at least 4 members (excludes halogenated alkanes) is 1. The average Bonchev–Trinajstić information content (AvgIpc) is 2.94. The molecule has 3 rings (SSSR count). The largest absolute Gasteiger partial charge is 0.354 e. The number of hydrogen-bond donors (Lipinski definition) is 1. The summed E-state index contributed by atoms with van der Waals surface area (Å²) in [6.45, 7) is 4.97. The van der Waals surface area contributed by atoms with Gasteiger partial charge in [0.05, 0.1) is 11.9 Å². The highest BCUT2D eigenvalue weighted by molar-refractivity contribution is 7.92. The van der Waals surface area contributed by atoms with Gasteiger partial charge in [0.1, 0.15) is 6.04 Å². The van der Waals surface area contributed by atoms with Crippen LogP contribution < -0.4 is 9.62 Å². The van der Waals surface area contributed by atoms with Crippen LogP contribution in [0.5, 0.6) is 0 Å². The van der Waals surface area contributed by atoms with E-state index in [0.717, 1.165) is 35.8 Å². The molecule has 3 aromatic carbocycles. The first-order valence-electron chi connectivity index (χ1n) is 14.0. The lowest BCUT2D eigenvalue weighted by Crippen LogP contribution is -2.50. The van der Waals surface area contributed by atoms with Gasteiger partial charge in [0.15, 0.2) is 0 Å². The second-order valence-electron chi connectivity index (χ2n) is 10.3. The first kappa shape index (κ1) is 32.2. The number of nitrogens with one attached hydrogen (secondary N) is 1. The number of sulfonamides is 1. The van der Waals surface area contributed by atoms with Crippen molar-refractivity contribution >= 4 is 39.1 Å². The fraction of sp³-hybridized carbons (Fsp3) is 0.375. The van der Waals surface area contributed by atoms with Crippen molar-refractivity contribution in [1.82, 2.24) is 10.2 Å². The molecule has 0 aliphatic rings. The number of aryl methyl sites for hydroxylation is 1. The van der Waals surface area contributed by atoms with Gasteiger partial charge in [-0.05, 0) is 49.1 Å². The van der Waals surface area contributed by atoms with Crippen LogP contribution in [0.25, 0.3) is 0 Å². The molecule has 41 heavy (non-hydrogen) atoms. The highest BCUT2D eigenvalue weighted by Crippen LogP contribution is 2.23. The van der Waals surface area contributed by atoms with Crippen molar-refractivity contribution < 1.29 is 18.0 Å².